The van der Waals surface area contributed by atoms with Gasteiger partial charge in [0.2, 0.25) is 0 Å². The summed E-state index contributed by atoms with van der Waals surface area (Å²) in [5.74, 6) is -0.375. The second-order valence-corrected chi connectivity index (χ2v) is 5.80. The Morgan fingerprint density at radius 2 is 1.48 bits per heavy atom. The predicted molar refractivity (Wildman–Crippen MR) is 103 cm³/mol. The van der Waals surface area contributed by atoms with Gasteiger partial charge < -0.3 is 4.74 Å². The van der Waals surface area contributed by atoms with E-state index in [-0.39, 0.29) is 12.2 Å². The Bertz CT molecular complexity index is 966. The minimum Gasteiger partial charge on any atom is -0.488 e. The molecule has 0 atom stereocenters. The molecule has 3 rings (SSSR count). The normalized spacial score (nSPS) is 11.0. The van der Waals surface area contributed by atoms with E-state index in [1.165, 1.54) is 12.1 Å². The largest absolute Gasteiger partial charge is 0.488 e. The van der Waals surface area contributed by atoms with Crippen LogP contribution in [0, 0.1) is 10.1 Å². The SMILES string of the molecule is O=C(C(=Cc1ccccc1)[N+](=O)[O-])c1ccccc1OCc1ccccc1. The molecule has 134 valence electrons. The first-order chi connectivity index (χ1) is 13.1. The zero-order valence-corrected chi connectivity index (χ0v) is 14.4. The lowest BCUT2D eigenvalue weighted by Crippen LogP contribution is -2.13. The second-order valence-electron chi connectivity index (χ2n) is 5.80. The lowest BCUT2D eigenvalue weighted by Gasteiger charge is -2.10. The van der Waals surface area contributed by atoms with Crippen LogP contribution in [0.4, 0.5) is 0 Å². The highest BCUT2D eigenvalue weighted by molar-refractivity contribution is 6.11. The van der Waals surface area contributed by atoms with Crippen molar-refractivity contribution in [3.8, 4) is 5.75 Å². The summed E-state index contributed by atoms with van der Waals surface area (Å²) in [5.41, 5.74) is 1.18. The van der Waals surface area contributed by atoms with Crippen molar-refractivity contribution in [3.63, 3.8) is 0 Å². The maximum Gasteiger partial charge on any atom is 0.317 e. The monoisotopic (exact) mass is 359 g/mol. The summed E-state index contributed by atoms with van der Waals surface area (Å²) >= 11 is 0. The molecule has 5 nitrogen and oxygen atoms in total. The van der Waals surface area contributed by atoms with E-state index in [4.69, 9.17) is 4.74 Å². The number of para-hydroxylation sites is 1. The lowest BCUT2D eigenvalue weighted by atomic mass is 10.1. The molecule has 5 heteroatoms. The average molecular weight is 359 g/mol. The Morgan fingerprint density at radius 1 is 0.889 bits per heavy atom. The molecule has 0 saturated heterocycles. The van der Waals surface area contributed by atoms with Crippen LogP contribution in [0.2, 0.25) is 0 Å². The number of carbonyl (C=O) groups excluding carboxylic acids is 1. The molecule has 0 radical (unpaired) electrons. The van der Waals surface area contributed by atoms with Crippen molar-refractivity contribution in [2.45, 2.75) is 6.61 Å². The first-order valence-corrected chi connectivity index (χ1v) is 8.37. The molecule has 0 saturated carbocycles. The number of hydrogen-bond donors (Lipinski definition) is 0. The molecule has 0 aliphatic carbocycles. The second kappa shape index (κ2) is 8.58. The third-order valence-corrected chi connectivity index (χ3v) is 3.90. The van der Waals surface area contributed by atoms with Crippen LogP contribution < -0.4 is 4.74 Å². The van der Waals surface area contributed by atoms with E-state index in [1.807, 2.05) is 30.3 Å². The van der Waals surface area contributed by atoms with E-state index >= 15 is 0 Å². The van der Waals surface area contributed by atoms with Gasteiger partial charge >= 0.3 is 5.70 Å². The molecule has 0 heterocycles. The van der Waals surface area contributed by atoms with Gasteiger partial charge in [-0.05, 0) is 23.3 Å². The molecule has 0 bridgehead atoms. The van der Waals surface area contributed by atoms with Gasteiger partial charge in [0.05, 0.1) is 10.5 Å². The molecule has 0 aliphatic heterocycles. The molecule has 0 fully saturated rings. The number of benzene rings is 3. The van der Waals surface area contributed by atoms with Gasteiger partial charge in [0.15, 0.2) is 0 Å². The summed E-state index contributed by atoms with van der Waals surface area (Å²) in [4.78, 5) is 23.7. The lowest BCUT2D eigenvalue weighted by molar-refractivity contribution is -0.415. The number of carbonyl (C=O) groups is 1. The zero-order valence-electron chi connectivity index (χ0n) is 14.4. The van der Waals surface area contributed by atoms with Gasteiger partial charge in [-0.3, -0.25) is 14.9 Å². The maximum atomic E-state index is 12.8. The molecule has 3 aromatic rings. The Morgan fingerprint density at radius 3 is 2.15 bits per heavy atom. The fourth-order valence-corrected chi connectivity index (χ4v) is 2.56. The Hall–Kier alpha value is -3.73. The minimum absolute atomic E-state index is 0.160. The fourth-order valence-electron chi connectivity index (χ4n) is 2.56. The van der Waals surface area contributed by atoms with Crippen LogP contribution in [0.15, 0.2) is 90.6 Å². The molecule has 0 aromatic heterocycles. The average Bonchev–Trinajstić information content (AvgIpc) is 2.71. The van der Waals surface area contributed by atoms with E-state index in [0.29, 0.717) is 11.3 Å². The van der Waals surface area contributed by atoms with Crippen LogP contribution in [-0.2, 0) is 6.61 Å². The maximum absolute atomic E-state index is 12.8. The minimum atomic E-state index is -0.687. The Kier molecular flexibility index (Phi) is 5.74. The number of hydrogen-bond acceptors (Lipinski definition) is 4. The highest BCUT2D eigenvalue weighted by Gasteiger charge is 2.26. The Balaban J connectivity index is 1.89. The predicted octanol–water partition coefficient (Wildman–Crippen LogP) is 4.77. The van der Waals surface area contributed by atoms with Crippen LogP contribution in [0.5, 0.6) is 5.75 Å². The molecule has 3 aromatic carbocycles. The van der Waals surface area contributed by atoms with E-state index in [2.05, 4.69) is 0 Å². The van der Waals surface area contributed by atoms with Crippen LogP contribution in [0.3, 0.4) is 0 Å². The Labute approximate surface area is 156 Å². The standard InChI is InChI=1S/C22H17NO4/c24-22(20(23(25)26)15-17-9-3-1-4-10-17)19-13-7-8-14-21(19)27-16-18-11-5-2-6-12-18/h1-15H,16H2. The van der Waals surface area contributed by atoms with Crippen molar-refractivity contribution in [2.24, 2.45) is 0 Å². The third-order valence-electron chi connectivity index (χ3n) is 3.90. The van der Waals surface area contributed by atoms with Gasteiger partial charge in [0, 0.05) is 6.08 Å². The van der Waals surface area contributed by atoms with Crippen molar-refractivity contribution in [3.05, 3.63) is 117 Å². The summed E-state index contributed by atoms with van der Waals surface area (Å²) in [6.45, 7) is 0.265. The van der Waals surface area contributed by atoms with Gasteiger partial charge in [0.1, 0.15) is 12.4 Å². The topological polar surface area (TPSA) is 69.4 Å². The molecule has 0 spiro atoms. The fraction of sp³-hybridized carbons (Fsp3) is 0.0455. The molecule has 0 aliphatic rings. The summed E-state index contributed by atoms with van der Waals surface area (Å²) in [5, 5.41) is 11.5. The third kappa shape index (κ3) is 4.67. The van der Waals surface area contributed by atoms with Crippen molar-refractivity contribution in [1.29, 1.82) is 0 Å². The quantitative estimate of drug-likeness (QED) is 0.264. The van der Waals surface area contributed by atoms with Crippen LogP contribution in [0.25, 0.3) is 6.08 Å². The van der Waals surface area contributed by atoms with Gasteiger partial charge in [-0.15, -0.1) is 0 Å². The van der Waals surface area contributed by atoms with Gasteiger partial charge in [-0.1, -0.05) is 72.8 Å². The van der Waals surface area contributed by atoms with E-state index in [1.54, 1.807) is 48.5 Å². The number of ketones is 1. The van der Waals surface area contributed by atoms with Gasteiger partial charge in [0.25, 0.3) is 5.78 Å². The molecule has 0 N–H and O–H groups in total. The number of nitro groups is 1. The van der Waals surface area contributed by atoms with Crippen molar-refractivity contribution in [2.75, 3.05) is 0 Å². The van der Waals surface area contributed by atoms with Gasteiger partial charge in [-0.25, -0.2) is 0 Å². The highest BCUT2D eigenvalue weighted by atomic mass is 16.6. The van der Waals surface area contributed by atoms with E-state index < -0.39 is 16.4 Å². The number of nitrogens with zero attached hydrogens (tertiary/aromatic N) is 1. The van der Waals surface area contributed by atoms with Crippen LogP contribution >= 0.6 is 0 Å². The number of Topliss-reactive ketones (excluding diaryl/α,β-unsaturated/α-hetero) is 1. The summed E-state index contributed by atoms with van der Waals surface area (Å²) < 4.78 is 5.75. The molecule has 27 heavy (non-hydrogen) atoms. The van der Waals surface area contributed by atoms with Crippen molar-refractivity contribution >= 4 is 11.9 Å². The first kappa shape index (κ1) is 18.1. The summed E-state index contributed by atoms with van der Waals surface area (Å²) in [6, 6.07) is 24.8. The van der Waals surface area contributed by atoms with E-state index in [0.717, 1.165) is 5.56 Å². The van der Waals surface area contributed by atoms with E-state index in [9.17, 15) is 14.9 Å². The van der Waals surface area contributed by atoms with Crippen LogP contribution in [-0.4, -0.2) is 10.7 Å². The highest BCUT2D eigenvalue weighted by Crippen LogP contribution is 2.24. The zero-order chi connectivity index (χ0) is 19.1. The number of allylic oxidation sites excluding steroid dienone is 1. The van der Waals surface area contributed by atoms with Gasteiger partial charge in [-0.2, -0.15) is 0 Å². The smallest absolute Gasteiger partial charge is 0.317 e. The molecular formula is C22H17NO4. The first-order valence-electron chi connectivity index (χ1n) is 8.37. The molecule has 0 unspecified atom stereocenters. The van der Waals surface area contributed by atoms with Crippen LogP contribution in [0.1, 0.15) is 21.5 Å². The number of rotatable bonds is 7. The number of ether oxygens (including phenoxy) is 1. The molecular weight excluding hydrogens is 342 g/mol. The summed E-state index contributed by atoms with van der Waals surface area (Å²) in [6.07, 6.45) is 1.27. The summed E-state index contributed by atoms with van der Waals surface area (Å²) in [7, 11) is 0. The van der Waals surface area contributed by atoms with Crippen molar-refractivity contribution in [1.82, 2.24) is 0 Å². The molecule has 0 amide bonds. The van der Waals surface area contributed by atoms with Crippen molar-refractivity contribution < 1.29 is 14.5 Å².